The van der Waals surface area contributed by atoms with Gasteiger partial charge in [-0.25, -0.2) is 9.78 Å². The van der Waals surface area contributed by atoms with Crippen molar-refractivity contribution in [1.29, 1.82) is 5.26 Å². The molecule has 0 spiro atoms. The Morgan fingerprint density at radius 1 is 1.19 bits per heavy atom. The maximum atomic E-state index is 13.0. The number of nitrogens with one attached hydrogen (secondary N) is 1. The van der Waals surface area contributed by atoms with Gasteiger partial charge in [-0.15, -0.1) is 0 Å². The highest BCUT2D eigenvalue weighted by Gasteiger charge is 2.43. The molecule has 4 rings (SSSR count). The van der Waals surface area contributed by atoms with Crippen LogP contribution in [0.1, 0.15) is 41.3 Å². The third-order valence-electron chi connectivity index (χ3n) is 5.95. The number of carbonyl (C=O) groups is 2. The molecule has 1 fully saturated rings. The van der Waals surface area contributed by atoms with Crippen LogP contribution in [0.3, 0.4) is 0 Å². The number of hydrogen-bond acceptors (Lipinski definition) is 5. The van der Waals surface area contributed by atoms with Gasteiger partial charge in [0.1, 0.15) is 5.54 Å². The highest BCUT2D eigenvalue weighted by molar-refractivity contribution is 6.05. The van der Waals surface area contributed by atoms with Crippen LogP contribution in [0.25, 0.3) is 22.2 Å². The molecule has 6 heteroatoms. The fourth-order valence-electron chi connectivity index (χ4n) is 4.00. The number of benzene rings is 2. The Balaban J connectivity index is 1.59. The van der Waals surface area contributed by atoms with Gasteiger partial charge in [0.05, 0.1) is 22.8 Å². The summed E-state index contributed by atoms with van der Waals surface area (Å²) in [4.78, 5) is 30.1. The van der Waals surface area contributed by atoms with Crippen molar-refractivity contribution in [2.75, 3.05) is 6.61 Å². The topological polar surface area (TPSA) is 92.1 Å². The van der Waals surface area contributed by atoms with Gasteiger partial charge in [-0.05, 0) is 57.2 Å². The van der Waals surface area contributed by atoms with Gasteiger partial charge in [-0.1, -0.05) is 42.0 Å². The van der Waals surface area contributed by atoms with Crippen LogP contribution in [0.4, 0.5) is 0 Å². The monoisotopic (exact) mass is 427 g/mol. The number of carbonyl (C=O) groups excluding carboxylic acids is 2. The predicted octanol–water partition coefficient (Wildman–Crippen LogP) is 4.48. The Morgan fingerprint density at radius 2 is 1.94 bits per heavy atom. The largest absolute Gasteiger partial charge is 0.452 e. The summed E-state index contributed by atoms with van der Waals surface area (Å²) in [6, 6.07) is 17.3. The van der Waals surface area contributed by atoms with Crippen molar-refractivity contribution in [3.05, 3.63) is 65.2 Å². The van der Waals surface area contributed by atoms with Gasteiger partial charge in [-0.3, -0.25) is 4.79 Å². The molecule has 0 saturated heterocycles. The molecule has 1 aliphatic carbocycles. The third kappa shape index (κ3) is 4.33. The van der Waals surface area contributed by atoms with E-state index in [2.05, 4.69) is 17.5 Å². The first kappa shape index (κ1) is 21.5. The summed E-state index contributed by atoms with van der Waals surface area (Å²) >= 11 is 0. The Bertz CT molecular complexity index is 1260. The van der Waals surface area contributed by atoms with Gasteiger partial charge in [0, 0.05) is 10.9 Å². The molecule has 2 aromatic carbocycles. The normalized spacial score (nSPS) is 14.9. The minimum absolute atomic E-state index is 0.150. The number of pyridine rings is 1. The van der Waals surface area contributed by atoms with Crippen LogP contribution in [0.15, 0.2) is 48.5 Å². The number of fused-ring (bicyclic) bond motifs is 1. The fourth-order valence-corrected chi connectivity index (χ4v) is 4.00. The van der Waals surface area contributed by atoms with Crippen molar-refractivity contribution in [2.24, 2.45) is 5.92 Å². The second kappa shape index (κ2) is 8.43. The van der Waals surface area contributed by atoms with Gasteiger partial charge in [0.2, 0.25) is 0 Å². The average Bonchev–Trinajstić information content (AvgIpc) is 3.63. The number of hydrogen-bond donors (Lipinski definition) is 1. The van der Waals surface area contributed by atoms with Gasteiger partial charge in [-0.2, -0.15) is 5.26 Å². The molecule has 162 valence electrons. The maximum absolute atomic E-state index is 13.0. The molecule has 0 aliphatic heterocycles. The van der Waals surface area contributed by atoms with E-state index in [1.807, 2.05) is 50.2 Å². The molecule has 3 aromatic rings. The van der Waals surface area contributed by atoms with Crippen LogP contribution in [0, 0.1) is 31.1 Å². The van der Waals surface area contributed by atoms with E-state index in [0.717, 1.165) is 29.5 Å². The van der Waals surface area contributed by atoms with E-state index < -0.39 is 24.0 Å². The van der Waals surface area contributed by atoms with E-state index in [1.54, 1.807) is 13.0 Å². The Morgan fingerprint density at radius 3 is 2.62 bits per heavy atom. The van der Waals surface area contributed by atoms with Crippen LogP contribution in [-0.4, -0.2) is 29.0 Å². The molecule has 1 N–H and O–H groups in total. The van der Waals surface area contributed by atoms with E-state index >= 15 is 0 Å². The van der Waals surface area contributed by atoms with E-state index in [9.17, 15) is 14.9 Å². The zero-order valence-corrected chi connectivity index (χ0v) is 18.4. The highest BCUT2D eigenvalue weighted by atomic mass is 16.5. The minimum Gasteiger partial charge on any atom is -0.452 e. The molecule has 1 saturated carbocycles. The number of nitrogens with zero attached hydrogens (tertiary/aromatic N) is 2. The van der Waals surface area contributed by atoms with E-state index in [4.69, 9.17) is 9.72 Å². The van der Waals surface area contributed by atoms with Crippen LogP contribution < -0.4 is 5.32 Å². The lowest BCUT2D eigenvalue weighted by Gasteiger charge is -2.22. The minimum atomic E-state index is -0.928. The molecule has 6 nitrogen and oxygen atoms in total. The molecular weight excluding hydrogens is 402 g/mol. The van der Waals surface area contributed by atoms with E-state index in [-0.39, 0.29) is 5.92 Å². The number of amides is 1. The second-order valence-corrected chi connectivity index (χ2v) is 8.60. The number of esters is 1. The summed E-state index contributed by atoms with van der Waals surface area (Å²) in [6.07, 6.45) is 1.82. The molecule has 0 unspecified atom stereocenters. The average molecular weight is 428 g/mol. The summed E-state index contributed by atoms with van der Waals surface area (Å²) in [5.74, 6) is -0.936. The lowest BCUT2D eigenvalue weighted by Crippen LogP contribution is -2.48. The first-order chi connectivity index (χ1) is 15.3. The van der Waals surface area contributed by atoms with Crippen molar-refractivity contribution in [3.63, 3.8) is 0 Å². The Labute approximate surface area is 187 Å². The summed E-state index contributed by atoms with van der Waals surface area (Å²) in [6.45, 7) is 5.29. The van der Waals surface area contributed by atoms with Gasteiger partial charge < -0.3 is 10.1 Å². The molecule has 1 amide bonds. The number of aryl methyl sites for hydroxylation is 2. The van der Waals surface area contributed by atoms with Gasteiger partial charge in [0.25, 0.3) is 5.91 Å². The third-order valence-corrected chi connectivity index (χ3v) is 5.95. The standard InChI is InChI=1S/C26H25N3O3/c1-16-8-11-19(17(2)12-16)23-13-21(20-6-4-5-7-22(20)28-23)25(31)32-14-24(30)29-26(3,15-27)18-9-10-18/h4-8,11-13,18H,9-10,14H2,1-3H3,(H,29,30)/t26-/m0/s1. The van der Waals surface area contributed by atoms with Crippen molar-refractivity contribution in [2.45, 2.75) is 39.2 Å². The van der Waals surface area contributed by atoms with Crippen LogP contribution in [-0.2, 0) is 9.53 Å². The predicted molar refractivity (Wildman–Crippen MR) is 122 cm³/mol. The number of aromatic nitrogens is 1. The molecule has 32 heavy (non-hydrogen) atoms. The van der Waals surface area contributed by atoms with Crippen molar-refractivity contribution in [1.82, 2.24) is 10.3 Å². The van der Waals surface area contributed by atoms with Crippen molar-refractivity contribution in [3.8, 4) is 17.3 Å². The van der Waals surface area contributed by atoms with Gasteiger partial charge >= 0.3 is 5.97 Å². The van der Waals surface area contributed by atoms with Crippen molar-refractivity contribution >= 4 is 22.8 Å². The summed E-state index contributed by atoms with van der Waals surface area (Å²) in [5, 5.41) is 12.8. The smallest absolute Gasteiger partial charge is 0.339 e. The fraction of sp³-hybridized carbons (Fsp3) is 0.308. The number of ether oxygens (including phenoxy) is 1. The molecule has 1 atom stereocenters. The van der Waals surface area contributed by atoms with E-state index in [1.165, 1.54) is 0 Å². The molecule has 0 radical (unpaired) electrons. The number of nitriles is 1. The molecule has 1 aliphatic rings. The van der Waals surface area contributed by atoms with Crippen molar-refractivity contribution < 1.29 is 14.3 Å². The molecule has 1 heterocycles. The van der Waals surface area contributed by atoms with Crippen LogP contribution in [0.5, 0.6) is 0 Å². The molecule has 1 aromatic heterocycles. The lowest BCUT2D eigenvalue weighted by molar-refractivity contribution is -0.125. The second-order valence-electron chi connectivity index (χ2n) is 8.60. The first-order valence-electron chi connectivity index (χ1n) is 10.7. The van der Waals surface area contributed by atoms with Crippen LogP contribution in [0.2, 0.25) is 0 Å². The summed E-state index contributed by atoms with van der Waals surface area (Å²) in [5.41, 5.74) is 3.90. The highest BCUT2D eigenvalue weighted by Crippen LogP contribution is 2.39. The molecular formula is C26H25N3O3. The Kier molecular flexibility index (Phi) is 5.67. The quantitative estimate of drug-likeness (QED) is 0.586. The molecule has 0 bridgehead atoms. The summed E-state index contributed by atoms with van der Waals surface area (Å²) in [7, 11) is 0. The van der Waals surface area contributed by atoms with Crippen LogP contribution >= 0.6 is 0 Å². The SMILES string of the molecule is Cc1ccc(-c2cc(C(=O)OCC(=O)N[C@@](C)(C#N)C3CC3)c3ccccc3n2)c(C)c1. The zero-order valence-electron chi connectivity index (χ0n) is 18.4. The number of rotatable bonds is 6. The lowest BCUT2D eigenvalue weighted by atomic mass is 9.98. The maximum Gasteiger partial charge on any atom is 0.339 e. The number of para-hydroxylation sites is 1. The first-order valence-corrected chi connectivity index (χ1v) is 10.7. The summed E-state index contributed by atoms with van der Waals surface area (Å²) < 4.78 is 5.34. The zero-order chi connectivity index (χ0) is 22.9. The van der Waals surface area contributed by atoms with E-state index in [0.29, 0.717) is 22.2 Å². The van der Waals surface area contributed by atoms with Gasteiger partial charge in [0.15, 0.2) is 6.61 Å². The Hall–Kier alpha value is -3.72.